The van der Waals surface area contributed by atoms with Gasteiger partial charge in [0.2, 0.25) is 5.78 Å². The Morgan fingerprint density at radius 2 is 1.79 bits per heavy atom. The summed E-state index contributed by atoms with van der Waals surface area (Å²) in [5.41, 5.74) is 0.920. The van der Waals surface area contributed by atoms with Crippen LogP contribution in [0.25, 0.3) is 0 Å². The summed E-state index contributed by atoms with van der Waals surface area (Å²) in [4.78, 5) is 35.3. The minimum atomic E-state index is -0.760. The van der Waals surface area contributed by atoms with Crippen molar-refractivity contribution in [1.82, 2.24) is 4.90 Å². The van der Waals surface area contributed by atoms with Crippen LogP contribution in [0.5, 0.6) is 0 Å². The molecule has 0 heterocycles. The Morgan fingerprint density at radius 3 is 2.37 bits per heavy atom. The number of hydrogen-bond donors (Lipinski definition) is 0. The number of hydrogen-bond acceptors (Lipinski definition) is 4. The van der Waals surface area contributed by atoms with Crippen molar-refractivity contribution in [3.8, 4) is 0 Å². The molecular formula is C14H15NO4. The molecule has 0 aliphatic carbocycles. The van der Waals surface area contributed by atoms with E-state index in [0.717, 1.165) is 17.7 Å². The molecule has 0 N–H and O–H groups in total. The normalized spacial score (nSPS) is 10.2. The van der Waals surface area contributed by atoms with Crippen molar-refractivity contribution >= 4 is 17.7 Å². The predicted molar refractivity (Wildman–Crippen MR) is 69.1 cm³/mol. The molecule has 0 radical (unpaired) electrons. The highest BCUT2D eigenvalue weighted by atomic mass is 16.5. The number of esters is 1. The summed E-state index contributed by atoms with van der Waals surface area (Å²) in [5.74, 6) is -2.11. The SMILES string of the molecule is COC(=O)/C=C/C(=O)C(=O)N(C)Cc1ccccc1. The maximum absolute atomic E-state index is 11.7. The molecule has 5 heteroatoms. The Morgan fingerprint density at radius 1 is 1.16 bits per heavy atom. The molecule has 1 aromatic rings. The number of rotatable bonds is 5. The zero-order valence-electron chi connectivity index (χ0n) is 10.8. The Bertz CT molecular complexity index is 493. The van der Waals surface area contributed by atoms with E-state index in [-0.39, 0.29) is 0 Å². The van der Waals surface area contributed by atoms with E-state index >= 15 is 0 Å². The van der Waals surface area contributed by atoms with Crippen LogP contribution in [-0.4, -0.2) is 36.7 Å². The summed E-state index contributed by atoms with van der Waals surface area (Å²) < 4.78 is 4.33. The van der Waals surface area contributed by atoms with Crippen LogP contribution in [0, 0.1) is 0 Å². The fourth-order valence-corrected chi connectivity index (χ4v) is 1.40. The zero-order valence-corrected chi connectivity index (χ0v) is 10.8. The van der Waals surface area contributed by atoms with Gasteiger partial charge < -0.3 is 9.64 Å². The van der Waals surface area contributed by atoms with Crippen LogP contribution in [0.2, 0.25) is 0 Å². The molecule has 0 atom stereocenters. The number of methoxy groups -OCH3 is 1. The molecule has 0 spiro atoms. The van der Waals surface area contributed by atoms with Gasteiger partial charge in [-0.05, 0) is 11.6 Å². The van der Waals surface area contributed by atoms with E-state index in [4.69, 9.17) is 0 Å². The van der Waals surface area contributed by atoms with Gasteiger partial charge in [-0.25, -0.2) is 4.79 Å². The van der Waals surface area contributed by atoms with E-state index in [1.165, 1.54) is 19.1 Å². The summed E-state index contributed by atoms with van der Waals surface area (Å²) in [6, 6.07) is 9.30. The van der Waals surface area contributed by atoms with Gasteiger partial charge in [-0.1, -0.05) is 30.3 Å². The molecule has 0 saturated heterocycles. The molecular weight excluding hydrogens is 246 g/mol. The largest absolute Gasteiger partial charge is 0.466 e. The summed E-state index contributed by atoms with van der Waals surface area (Å²) in [7, 11) is 2.72. The van der Waals surface area contributed by atoms with E-state index in [2.05, 4.69) is 4.74 Å². The van der Waals surface area contributed by atoms with Crippen molar-refractivity contribution in [2.45, 2.75) is 6.54 Å². The van der Waals surface area contributed by atoms with E-state index in [1.807, 2.05) is 30.3 Å². The lowest BCUT2D eigenvalue weighted by Gasteiger charge is -2.15. The van der Waals surface area contributed by atoms with Crippen molar-refractivity contribution in [3.05, 3.63) is 48.0 Å². The molecule has 19 heavy (non-hydrogen) atoms. The molecule has 0 bridgehead atoms. The summed E-state index contributed by atoms with van der Waals surface area (Å²) in [6.07, 6.45) is 1.84. The lowest BCUT2D eigenvalue weighted by atomic mass is 10.2. The first kappa shape index (κ1) is 14.6. The molecule has 1 aromatic carbocycles. The average molecular weight is 261 g/mol. The second-order valence-electron chi connectivity index (χ2n) is 3.87. The third-order valence-corrected chi connectivity index (χ3v) is 2.39. The van der Waals surface area contributed by atoms with E-state index in [9.17, 15) is 14.4 Å². The van der Waals surface area contributed by atoms with Gasteiger partial charge in [-0.2, -0.15) is 0 Å². The number of benzene rings is 1. The van der Waals surface area contributed by atoms with Crippen molar-refractivity contribution < 1.29 is 19.1 Å². The second-order valence-corrected chi connectivity index (χ2v) is 3.87. The summed E-state index contributed by atoms with van der Waals surface area (Å²) in [5, 5.41) is 0. The second kappa shape index (κ2) is 7.10. The lowest BCUT2D eigenvalue weighted by Crippen LogP contribution is -2.31. The number of amides is 1. The predicted octanol–water partition coefficient (Wildman–Crippen LogP) is 0.943. The minimum Gasteiger partial charge on any atom is -0.466 e. The molecule has 0 aromatic heterocycles. The van der Waals surface area contributed by atoms with E-state index in [0.29, 0.717) is 6.54 Å². The number of nitrogens with zero attached hydrogens (tertiary/aromatic N) is 1. The number of ketones is 1. The van der Waals surface area contributed by atoms with Crippen molar-refractivity contribution in [3.63, 3.8) is 0 Å². The molecule has 0 fully saturated rings. The molecule has 0 unspecified atom stereocenters. The van der Waals surface area contributed by atoms with E-state index in [1.54, 1.807) is 0 Å². The topological polar surface area (TPSA) is 63.7 Å². The fraction of sp³-hybridized carbons (Fsp3) is 0.214. The number of ether oxygens (including phenoxy) is 1. The third-order valence-electron chi connectivity index (χ3n) is 2.39. The van der Waals surface area contributed by atoms with Gasteiger partial charge in [-0.3, -0.25) is 9.59 Å². The first-order valence-corrected chi connectivity index (χ1v) is 5.64. The van der Waals surface area contributed by atoms with Crippen LogP contribution in [0.3, 0.4) is 0 Å². The zero-order chi connectivity index (χ0) is 14.3. The van der Waals surface area contributed by atoms with Gasteiger partial charge in [0, 0.05) is 19.7 Å². The molecule has 1 amide bonds. The molecule has 0 aliphatic rings. The van der Waals surface area contributed by atoms with Gasteiger partial charge in [0.05, 0.1) is 7.11 Å². The monoisotopic (exact) mass is 261 g/mol. The third kappa shape index (κ3) is 4.75. The van der Waals surface area contributed by atoms with Crippen molar-refractivity contribution in [2.24, 2.45) is 0 Å². The quantitative estimate of drug-likeness (QED) is 0.449. The summed E-state index contributed by atoms with van der Waals surface area (Å²) >= 11 is 0. The van der Waals surface area contributed by atoms with Gasteiger partial charge >= 0.3 is 5.97 Å². The molecule has 0 saturated carbocycles. The maximum atomic E-state index is 11.7. The van der Waals surface area contributed by atoms with Crippen LogP contribution in [0.4, 0.5) is 0 Å². The van der Waals surface area contributed by atoms with Crippen LogP contribution < -0.4 is 0 Å². The molecule has 0 aliphatic heterocycles. The highest BCUT2D eigenvalue weighted by Crippen LogP contribution is 2.03. The Kier molecular flexibility index (Phi) is 5.47. The van der Waals surface area contributed by atoms with Crippen LogP contribution in [0.1, 0.15) is 5.56 Å². The van der Waals surface area contributed by atoms with Gasteiger partial charge in [-0.15, -0.1) is 0 Å². The van der Waals surface area contributed by atoms with Gasteiger partial charge in [0.25, 0.3) is 5.91 Å². The maximum Gasteiger partial charge on any atom is 0.330 e. The molecule has 1 rings (SSSR count). The number of carbonyl (C=O) groups is 3. The van der Waals surface area contributed by atoms with Crippen LogP contribution in [-0.2, 0) is 25.7 Å². The Hall–Kier alpha value is -2.43. The molecule has 100 valence electrons. The van der Waals surface area contributed by atoms with Crippen LogP contribution >= 0.6 is 0 Å². The van der Waals surface area contributed by atoms with Gasteiger partial charge in [0.15, 0.2) is 0 Å². The standard InChI is InChI=1S/C14H15NO4/c1-15(10-11-6-4-3-5-7-11)14(18)12(16)8-9-13(17)19-2/h3-9H,10H2,1-2H3/b9-8+. The Balaban J connectivity index is 2.60. The number of carbonyl (C=O) groups excluding carboxylic acids is 3. The Labute approximate surface area is 111 Å². The van der Waals surface area contributed by atoms with Crippen molar-refractivity contribution in [2.75, 3.05) is 14.2 Å². The highest BCUT2D eigenvalue weighted by Gasteiger charge is 2.16. The first-order chi connectivity index (χ1) is 9.04. The highest BCUT2D eigenvalue weighted by molar-refractivity contribution is 6.40. The summed E-state index contributed by atoms with van der Waals surface area (Å²) in [6.45, 7) is 0.331. The first-order valence-electron chi connectivity index (χ1n) is 5.64. The molecule has 5 nitrogen and oxygen atoms in total. The van der Waals surface area contributed by atoms with Gasteiger partial charge in [0.1, 0.15) is 0 Å². The lowest BCUT2D eigenvalue weighted by molar-refractivity contribution is -0.141. The smallest absolute Gasteiger partial charge is 0.330 e. The minimum absolute atomic E-state index is 0.331. The van der Waals surface area contributed by atoms with Crippen molar-refractivity contribution in [1.29, 1.82) is 0 Å². The van der Waals surface area contributed by atoms with Crippen LogP contribution in [0.15, 0.2) is 42.5 Å². The van der Waals surface area contributed by atoms with E-state index < -0.39 is 17.7 Å². The number of likely N-dealkylation sites (N-methyl/N-ethyl adjacent to an activating group) is 1. The average Bonchev–Trinajstić information content (AvgIpc) is 2.44. The fourth-order valence-electron chi connectivity index (χ4n) is 1.40.